The summed E-state index contributed by atoms with van der Waals surface area (Å²) in [5.41, 5.74) is 3.49. The number of hydrogen-bond donors (Lipinski definition) is 0. The van der Waals surface area contributed by atoms with Crippen LogP contribution in [0.25, 0.3) is 22.3 Å². The Balaban J connectivity index is 1.30. The van der Waals surface area contributed by atoms with Crippen molar-refractivity contribution in [2.45, 2.75) is 0 Å². The van der Waals surface area contributed by atoms with Gasteiger partial charge in [0.15, 0.2) is 5.82 Å². The number of amides is 1. The largest absolute Gasteiger partial charge is 0.497 e. The molecular formula is C26H25N5O3. The van der Waals surface area contributed by atoms with E-state index >= 15 is 0 Å². The molecule has 0 aliphatic carbocycles. The van der Waals surface area contributed by atoms with Crippen molar-refractivity contribution in [3.63, 3.8) is 0 Å². The number of methoxy groups -OCH3 is 2. The average molecular weight is 456 g/mol. The normalized spacial score (nSPS) is 13.7. The summed E-state index contributed by atoms with van der Waals surface area (Å²) >= 11 is 0. The van der Waals surface area contributed by atoms with Crippen LogP contribution in [0, 0.1) is 0 Å². The van der Waals surface area contributed by atoms with Gasteiger partial charge in [0.05, 0.1) is 25.1 Å². The molecule has 0 radical (unpaired) electrons. The fourth-order valence-electron chi connectivity index (χ4n) is 4.17. The summed E-state index contributed by atoms with van der Waals surface area (Å²) in [6.07, 6.45) is 5.08. The van der Waals surface area contributed by atoms with Gasteiger partial charge in [0, 0.05) is 73.7 Å². The zero-order valence-electron chi connectivity index (χ0n) is 19.1. The van der Waals surface area contributed by atoms with E-state index in [1.807, 2.05) is 29.2 Å². The van der Waals surface area contributed by atoms with E-state index in [1.54, 1.807) is 44.9 Å². The molecule has 0 unspecified atom stereocenters. The highest BCUT2D eigenvalue weighted by molar-refractivity contribution is 5.94. The third kappa shape index (κ3) is 4.22. The van der Waals surface area contributed by atoms with Crippen LogP contribution in [0.4, 0.5) is 5.69 Å². The van der Waals surface area contributed by atoms with Gasteiger partial charge in [-0.15, -0.1) is 0 Å². The van der Waals surface area contributed by atoms with Crippen molar-refractivity contribution >= 4 is 22.5 Å². The molecule has 0 saturated carbocycles. The average Bonchev–Trinajstić information content (AvgIpc) is 2.92. The van der Waals surface area contributed by atoms with Gasteiger partial charge in [-0.1, -0.05) is 0 Å². The molecule has 3 heterocycles. The topological polar surface area (TPSA) is 80.7 Å². The fourth-order valence-corrected chi connectivity index (χ4v) is 4.17. The van der Waals surface area contributed by atoms with Crippen molar-refractivity contribution in [1.29, 1.82) is 0 Å². The number of nitrogens with zero attached hydrogens (tertiary/aromatic N) is 5. The van der Waals surface area contributed by atoms with Crippen molar-refractivity contribution in [2.24, 2.45) is 0 Å². The molecule has 5 rings (SSSR count). The Morgan fingerprint density at radius 1 is 0.912 bits per heavy atom. The maximum atomic E-state index is 12.7. The van der Waals surface area contributed by atoms with Crippen molar-refractivity contribution in [1.82, 2.24) is 19.9 Å². The summed E-state index contributed by atoms with van der Waals surface area (Å²) in [6.45, 7) is 2.92. The molecule has 8 nitrogen and oxygen atoms in total. The lowest BCUT2D eigenvalue weighted by atomic mass is 10.1. The fraction of sp³-hybridized carbons (Fsp3) is 0.231. The van der Waals surface area contributed by atoms with E-state index in [-0.39, 0.29) is 5.91 Å². The summed E-state index contributed by atoms with van der Waals surface area (Å²) in [5.74, 6) is 2.06. The number of pyridine rings is 1. The minimum absolute atomic E-state index is 0.0547. The minimum atomic E-state index is 0.0547. The lowest BCUT2D eigenvalue weighted by Crippen LogP contribution is -2.48. The Labute approximate surface area is 197 Å². The monoisotopic (exact) mass is 455 g/mol. The van der Waals surface area contributed by atoms with Crippen molar-refractivity contribution in [3.05, 3.63) is 72.7 Å². The first kappa shape index (κ1) is 21.6. The molecular weight excluding hydrogens is 430 g/mol. The maximum Gasteiger partial charge on any atom is 0.254 e. The highest BCUT2D eigenvalue weighted by Crippen LogP contribution is 2.31. The molecule has 2 aromatic carbocycles. The molecule has 4 aromatic rings. The van der Waals surface area contributed by atoms with Gasteiger partial charge in [-0.25, -0.2) is 9.97 Å². The van der Waals surface area contributed by atoms with Crippen LogP contribution >= 0.6 is 0 Å². The van der Waals surface area contributed by atoms with Crippen molar-refractivity contribution in [2.75, 3.05) is 45.3 Å². The van der Waals surface area contributed by atoms with Crippen LogP contribution in [0.5, 0.6) is 11.5 Å². The highest BCUT2D eigenvalue weighted by atomic mass is 16.5. The van der Waals surface area contributed by atoms with E-state index in [1.165, 1.54) is 0 Å². The number of carbonyl (C=O) groups excluding carboxylic acids is 1. The van der Waals surface area contributed by atoms with Crippen molar-refractivity contribution < 1.29 is 14.3 Å². The Kier molecular flexibility index (Phi) is 5.95. The molecule has 8 heteroatoms. The molecule has 0 bridgehead atoms. The zero-order valence-corrected chi connectivity index (χ0v) is 19.1. The quantitative estimate of drug-likeness (QED) is 0.454. The first-order valence-electron chi connectivity index (χ1n) is 11.1. The van der Waals surface area contributed by atoms with Gasteiger partial charge in [-0.2, -0.15) is 0 Å². The van der Waals surface area contributed by atoms with Crippen LogP contribution in [-0.4, -0.2) is 66.2 Å². The van der Waals surface area contributed by atoms with Gasteiger partial charge in [-0.05, 0) is 36.4 Å². The number of hydrogen-bond acceptors (Lipinski definition) is 7. The van der Waals surface area contributed by atoms with E-state index < -0.39 is 0 Å². The Hall–Kier alpha value is -4.20. The molecule has 1 saturated heterocycles. The summed E-state index contributed by atoms with van der Waals surface area (Å²) in [6, 6.07) is 15.4. The lowest BCUT2D eigenvalue weighted by molar-refractivity contribution is 0.0746. The van der Waals surface area contributed by atoms with Crippen LogP contribution in [0.3, 0.4) is 0 Å². The van der Waals surface area contributed by atoms with Gasteiger partial charge in [0.2, 0.25) is 0 Å². The molecule has 1 aliphatic heterocycles. The number of benzene rings is 2. The Bertz CT molecular complexity index is 1300. The van der Waals surface area contributed by atoms with Crippen LogP contribution in [0.2, 0.25) is 0 Å². The summed E-state index contributed by atoms with van der Waals surface area (Å²) in [4.78, 5) is 30.1. The van der Waals surface area contributed by atoms with Gasteiger partial charge >= 0.3 is 0 Å². The van der Waals surface area contributed by atoms with Crippen molar-refractivity contribution in [3.8, 4) is 22.9 Å². The van der Waals surface area contributed by atoms with E-state index in [2.05, 4.69) is 27.0 Å². The van der Waals surface area contributed by atoms with E-state index in [9.17, 15) is 4.79 Å². The highest BCUT2D eigenvalue weighted by Gasteiger charge is 2.22. The number of carbonyl (C=O) groups is 1. The molecule has 34 heavy (non-hydrogen) atoms. The number of aromatic nitrogens is 3. The summed E-state index contributed by atoms with van der Waals surface area (Å²) in [5, 5.41) is 0.836. The second-order valence-electron chi connectivity index (χ2n) is 8.02. The van der Waals surface area contributed by atoms with Gasteiger partial charge in [0.25, 0.3) is 5.91 Å². The lowest BCUT2D eigenvalue weighted by Gasteiger charge is -2.36. The number of rotatable bonds is 5. The summed E-state index contributed by atoms with van der Waals surface area (Å²) in [7, 11) is 3.24. The molecule has 1 fully saturated rings. The number of anilines is 1. The third-order valence-corrected chi connectivity index (χ3v) is 6.08. The standard InChI is InChI=1S/C26H25N5O3/c1-33-21-15-23-22(24(16-21)34-2)17-28-25(29-23)18-3-5-20(6-4-18)30-11-13-31(14-12-30)26(32)19-7-9-27-10-8-19/h3-10,15-17H,11-14H2,1-2H3. The first-order chi connectivity index (χ1) is 16.7. The smallest absolute Gasteiger partial charge is 0.254 e. The van der Waals surface area contributed by atoms with Crippen LogP contribution < -0.4 is 14.4 Å². The van der Waals surface area contributed by atoms with Crippen LogP contribution in [0.1, 0.15) is 10.4 Å². The molecule has 0 N–H and O–H groups in total. The third-order valence-electron chi connectivity index (χ3n) is 6.08. The van der Waals surface area contributed by atoms with Crippen LogP contribution in [0.15, 0.2) is 67.1 Å². The SMILES string of the molecule is COc1cc(OC)c2cnc(-c3ccc(N4CCN(C(=O)c5ccncc5)CC4)cc3)nc2c1. The molecule has 2 aromatic heterocycles. The number of piperazine rings is 1. The predicted molar refractivity (Wildman–Crippen MR) is 130 cm³/mol. The molecule has 0 spiro atoms. The Morgan fingerprint density at radius 3 is 2.32 bits per heavy atom. The van der Waals surface area contributed by atoms with E-state index in [0.29, 0.717) is 36.0 Å². The second-order valence-corrected chi connectivity index (χ2v) is 8.02. The predicted octanol–water partition coefficient (Wildman–Crippen LogP) is 3.67. The van der Waals surface area contributed by atoms with Gasteiger partial charge < -0.3 is 19.3 Å². The zero-order chi connectivity index (χ0) is 23.5. The Morgan fingerprint density at radius 2 is 1.65 bits per heavy atom. The second kappa shape index (κ2) is 9.35. The first-order valence-corrected chi connectivity index (χ1v) is 11.1. The van der Waals surface area contributed by atoms with Gasteiger partial charge in [-0.3, -0.25) is 9.78 Å². The van der Waals surface area contributed by atoms with E-state index in [0.717, 1.165) is 35.2 Å². The molecule has 172 valence electrons. The summed E-state index contributed by atoms with van der Waals surface area (Å²) < 4.78 is 10.8. The molecule has 0 atom stereocenters. The molecule has 1 amide bonds. The van der Waals surface area contributed by atoms with Crippen LogP contribution in [-0.2, 0) is 0 Å². The number of fused-ring (bicyclic) bond motifs is 1. The van der Waals surface area contributed by atoms with E-state index in [4.69, 9.17) is 14.5 Å². The molecule has 1 aliphatic rings. The van der Waals surface area contributed by atoms with Gasteiger partial charge in [0.1, 0.15) is 11.5 Å². The maximum absolute atomic E-state index is 12.7. The minimum Gasteiger partial charge on any atom is -0.497 e. The number of ether oxygens (including phenoxy) is 2.